The zero-order valence-corrected chi connectivity index (χ0v) is 20.9. The van der Waals surface area contributed by atoms with Gasteiger partial charge in [0.25, 0.3) is 0 Å². The van der Waals surface area contributed by atoms with Gasteiger partial charge in [-0.15, -0.1) is 0 Å². The van der Waals surface area contributed by atoms with Crippen LogP contribution >= 0.6 is 0 Å². The number of pyridine rings is 1. The van der Waals surface area contributed by atoms with Gasteiger partial charge in [0, 0.05) is 30.5 Å². The molecule has 1 aliphatic heterocycles. The summed E-state index contributed by atoms with van der Waals surface area (Å²) in [4.78, 5) is 44.7. The van der Waals surface area contributed by atoms with Crippen LogP contribution in [0.25, 0.3) is 0 Å². The zero-order chi connectivity index (χ0) is 26.1. The van der Waals surface area contributed by atoms with Crippen LogP contribution < -0.4 is 15.1 Å². The molecular weight excluding hydrogens is 464 g/mol. The lowest BCUT2D eigenvalue weighted by Crippen LogP contribution is -2.38. The predicted molar refractivity (Wildman–Crippen MR) is 137 cm³/mol. The number of hydrogen-bond acceptors (Lipinski definition) is 8. The fourth-order valence-corrected chi connectivity index (χ4v) is 3.50. The van der Waals surface area contributed by atoms with Crippen molar-refractivity contribution >= 4 is 35.7 Å². The number of amides is 2. The Bertz CT molecular complexity index is 1090. The Balaban J connectivity index is 1.93. The molecule has 0 atom stereocenters. The monoisotopic (exact) mass is 496 g/mol. The number of aromatic nitrogens is 1. The Hall–Kier alpha value is -3.92. The van der Waals surface area contributed by atoms with Crippen molar-refractivity contribution in [2.45, 2.75) is 32.9 Å². The van der Waals surface area contributed by atoms with Gasteiger partial charge >= 0.3 is 12.2 Å². The number of benzene rings is 1. The molecule has 1 fully saturated rings. The first-order valence-electron chi connectivity index (χ1n) is 11.6. The van der Waals surface area contributed by atoms with E-state index in [4.69, 9.17) is 14.2 Å². The summed E-state index contributed by atoms with van der Waals surface area (Å²) < 4.78 is 16.0. The molecule has 0 spiro atoms. The van der Waals surface area contributed by atoms with E-state index in [9.17, 15) is 14.4 Å². The van der Waals surface area contributed by atoms with Gasteiger partial charge in [-0.25, -0.2) is 14.6 Å². The van der Waals surface area contributed by atoms with Gasteiger partial charge < -0.3 is 19.1 Å². The molecule has 36 heavy (non-hydrogen) atoms. The van der Waals surface area contributed by atoms with Crippen LogP contribution in [0.2, 0.25) is 0 Å². The number of aldehydes is 1. The van der Waals surface area contributed by atoms with Crippen molar-refractivity contribution < 1.29 is 28.6 Å². The molecule has 10 heteroatoms. The summed E-state index contributed by atoms with van der Waals surface area (Å²) in [6.07, 6.45) is 0.891. The van der Waals surface area contributed by atoms with Crippen LogP contribution in [0.1, 0.15) is 36.8 Å². The molecule has 1 N–H and O–H groups in total. The standard InChI is InChI=1S/C26H32N4O6/c1-5-11-35-24(32)28-20-8-6-7-19(14-20)17-30(25(33)36-26(2,3)4)23-16-22(15-21(18-31)27-23)29-9-12-34-13-10-29/h5-8,14-16,18H,1,9-13,17H2,2-4H3,(H,28,32). The molecule has 0 bridgehead atoms. The number of anilines is 3. The average Bonchev–Trinajstić information content (AvgIpc) is 2.85. The molecule has 1 aromatic heterocycles. The van der Waals surface area contributed by atoms with Crippen LogP contribution in [0.4, 0.5) is 26.8 Å². The van der Waals surface area contributed by atoms with Crippen molar-refractivity contribution in [3.05, 3.63) is 60.3 Å². The molecule has 1 saturated heterocycles. The van der Waals surface area contributed by atoms with E-state index in [1.165, 1.54) is 11.0 Å². The Morgan fingerprint density at radius 1 is 1.22 bits per heavy atom. The summed E-state index contributed by atoms with van der Waals surface area (Å²) >= 11 is 0. The number of rotatable bonds is 8. The summed E-state index contributed by atoms with van der Waals surface area (Å²) in [5.74, 6) is 0.277. The van der Waals surface area contributed by atoms with E-state index in [1.54, 1.807) is 51.1 Å². The number of morpholine rings is 1. The molecule has 10 nitrogen and oxygen atoms in total. The van der Waals surface area contributed by atoms with Crippen LogP contribution in [0.5, 0.6) is 0 Å². The molecule has 0 saturated carbocycles. The van der Waals surface area contributed by atoms with Gasteiger partial charge in [-0.2, -0.15) is 0 Å². The third-order valence-corrected chi connectivity index (χ3v) is 5.05. The molecule has 0 aliphatic carbocycles. The fourth-order valence-electron chi connectivity index (χ4n) is 3.50. The molecule has 2 heterocycles. The molecule has 2 aromatic rings. The first-order valence-corrected chi connectivity index (χ1v) is 11.6. The third-order valence-electron chi connectivity index (χ3n) is 5.05. The van der Waals surface area contributed by atoms with Crippen molar-refractivity contribution in [3.63, 3.8) is 0 Å². The molecule has 192 valence electrons. The maximum Gasteiger partial charge on any atom is 0.416 e. The van der Waals surface area contributed by atoms with Gasteiger partial charge in [0.15, 0.2) is 6.29 Å². The number of carbonyl (C=O) groups is 3. The first kappa shape index (κ1) is 26.7. The molecular formula is C26H32N4O6. The highest BCUT2D eigenvalue weighted by Gasteiger charge is 2.26. The zero-order valence-electron chi connectivity index (χ0n) is 20.9. The molecule has 3 rings (SSSR count). The third kappa shape index (κ3) is 7.81. The Morgan fingerprint density at radius 2 is 1.97 bits per heavy atom. The summed E-state index contributed by atoms with van der Waals surface area (Å²) in [6, 6.07) is 10.4. The van der Waals surface area contributed by atoms with Crippen LogP contribution in [0.15, 0.2) is 49.1 Å². The van der Waals surface area contributed by atoms with Gasteiger partial charge in [0.2, 0.25) is 0 Å². The average molecular weight is 497 g/mol. The molecule has 0 radical (unpaired) electrons. The minimum Gasteiger partial charge on any atom is -0.445 e. The topological polar surface area (TPSA) is 110 Å². The van der Waals surface area contributed by atoms with Gasteiger partial charge in [-0.05, 0) is 44.5 Å². The van der Waals surface area contributed by atoms with E-state index in [2.05, 4.69) is 21.8 Å². The van der Waals surface area contributed by atoms with Crippen LogP contribution in [-0.2, 0) is 20.8 Å². The second kappa shape index (κ2) is 12.2. The summed E-state index contributed by atoms with van der Waals surface area (Å²) in [5, 5.41) is 2.64. The van der Waals surface area contributed by atoms with Gasteiger partial charge in [-0.3, -0.25) is 15.0 Å². The van der Waals surface area contributed by atoms with E-state index in [-0.39, 0.29) is 24.7 Å². The lowest BCUT2D eigenvalue weighted by Gasteiger charge is -2.31. The predicted octanol–water partition coefficient (Wildman–Crippen LogP) is 4.41. The quantitative estimate of drug-likeness (QED) is 0.423. The summed E-state index contributed by atoms with van der Waals surface area (Å²) in [7, 11) is 0. The Kier molecular flexibility index (Phi) is 9.02. The summed E-state index contributed by atoms with van der Waals surface area (Å²) in [6.45, 7) is 11.5. The van der Waals surface area contributed by atoms with Crippen molar-refractivity contribution in [2.75, 3.05) is 48.0 Å². The Morgan fingerprint density at radius 3 is 2.64 bits per heavy atom. The lowest BCUT2D eigenvalue weighted by molar-refractivity contribution is 0.0576. The SMILES string of the molecule is C=CCOC(=O)Nc1cccc(CN(C(=O)OC(C)(C)C)c2cc(N3CCOCC3)cc(C=O)n2)c1. The van der Waals surface area contributed by atoms with E-state index in [0.717, 1.165) is 5.69 Å². The van der Waals surface area contributed by atoms with Crippen LogP contribution in [-0.4, -0.2) is 62.0 Å². The maximum atomic E-state index is 13.3. The smallest absolute Gasteiger partial charge is 0.416 e. The van der Waals surface area contributed by atoms with E-state index >= 15 is 0 Å². The number of nitrogens with zero attached hydrogens (tertiary/aromatic N) is 3. The first-order chi connectivity index (χ1) is 17.2. The van der Waals surface area contributed by atoms with Gasteiger partial charge in [0.1, 0.15) is 23.7 Å². The number of hydrogen-bond donors (Lipinski definition) is 1. The molecule has 2 amide bonds. The highest BCUT2D eigenvalue weighted by molar-refractivity contribution is 5.89. The second-order valence-corrected chi connectivity index (χ2v) is 9.10. The lowest BCUT2D eigenvalue weighted by atomic mass is 10.1. The number of carbonyl (C=O) groups excluding carboxylic acids is 3. The molecule has 1 aromatic carbocycles. The van der Waals surface area contributed by atoms with Gasteiger partial charge in [0.05, 0.1) is 19.8 Å². The molecule has 1 aliphatic rings. The van der Waals surface area contributed by atoms with E-state index < -0.39 is 17.8 Å². The highest BCUT2D eigenvalue weighted by Crippen LogP contribution is 2.26. The number of ether oxygens (including phenoxy) is 3. The minimum atomic E-state index is -0.747. The van der Waals surface area contributed by atoms with E-state index in [1.807, 2.05) is 6.07 Å². The van der Waals surface area contributed by atoms with Crippen LogP contribution in [0, 0.1) is 0 Å². The van der Waals surface area contributed by atoms with Crippen molar-refractivity contribution in [1.82, 2.24) is 4.98 Å². The van der Waals surface area contributed by atoms with Gasteiger partial charge in [-0.1, -0.05) is 24.8 Å². The van der Waals surface area contributed by atoms with Crippen molar-refractivity contribution in [2.24, 2.45) is 0 Å². The summed E-state index contributed by atoms with van der Waals surface area (Å²) in [5.41, 5.74) is 1.41. The normalized spacial score (nSPS) is 13.5. The molecule has 0 unspecified atom stereocenters. The fraction of sp³-hybridized carbons (Fsp3) is 0.385. The van der Waals surface area contributed by atoms with Crippen LogP contribution in [0.3, 0.4) is 0 Å². The Labute approximate surface area is 210 Å². The highest BCUT2D eigenvalue weighted by atomic mass is 16.6. The van der Waals surface area contributed by atoms with E-state index in [0.29, 0.717) is 43.8 Å². The maximum absolute atomic E-state index is 13.3. The second-order valence-electron chi connectivity index (χ2n) is 9.10. The van der Waals surface area contributed by atoms with Crippen molar-refractivity contribution in [1.29, 1.82) is 0 Å². The number of nitrogens with one attached hydrogen (secondary N) is 1. The largest absolute Gasteiger partial charge is 0.445 e. The van der Waals surface area contributed by atoms with Crippen molar-refractivity contribution in [3.8, 4) is 0 Å². The minimum absolute atomic E-state index is 0.0855.